The summed E-state index contributed by atoms with van der Waals surface area (Å²) < 4.78 is 14.0. The maximum atomic E-state index is 6.64. The third kappa shape index (κ3) is 3.84. The number of hydrogen-bond acceptors (Lipinski definition) is 6. The molecular formula is C26H20Cl2N4O2S. The van der Waals surface area contributed by atoms with Gasteiger partial charge >= 0.3 is 0 Å². The molecular weight excluding hydrogens is 503 g/mol. The Balaban J connectivity index is 1.62. The molecule has 0 saturated heterocycles. The monoisotopic (exact) mass is 522 g/mol. The molecule has 9 heteroatoms. The van der Waals surface area contributed by atoms with Crippen molar-refractivity contribution in [2.24, 2.45) is 0 Å². The summed E-state index contributed by atoms with van der Waals surface area (Å²) in [4.78, 5) is 4.73. The summed E-state index contributed by atoms with van der Waals surface area (Å²) in [5, 5.41) is 10.3. The van der Waals surface area contributed by atoms with Crippen LogP contribution in [0.1, 0.15) is 28.8 Å². The minimum atomic E-state index is -0.384. The lowest BCUT2D eigenvalue weighted by atomic mass is 9.84. The summed E-state index contributed by atoms with van der Waals surface area (Å²) in [5.41, 5.74) is 4.83. The number of ether oxygens (including phenoxy) is 2. The average molecular weight is 523 g/mol. The van der Waals surface area contributed by atoms with Gasteiger partial charge in [-0.1, -0.05) is 59.2 Å². The van der Waals surface area contributed by atoms with Gasteiger partial charge in [0, 0.05) is 21.2 Å². The van der Waals surface area contributed by atoms with Gasteiger partial charge in [-0.15, -0.1) is 5.10 Å². The lowest BCUT2D eigenvalue weighted by Crippen LogP contribution is -2.32. The second-order valence-corrected chi connectivity index (χ2v) is 9.83. The standard InChI is InChI=1S/C26H20Cl2N4O2S/c1-33-18-10-5-14(6-11-18)23-21-22(29-25-30-26(35-2)31-32(23)25)19-13-17(28)9-12-20(19)34-24(21)15-3-7-16(27)8-4-15/h3-13,23-24H,1-2H3,(H,29,30,31)/t23-,24-/m0/s1. The van der Waals surface area contributed by atoms with Gasteiger partial charge in [-0.3, -0.25) is 0 Å². The fourth-order valence-corrected chi connectivity index (χ4v) is 5.23. The van der Waals surface area contributed by atoms with Crippen LogP contribution in [-0.4, -0.2) is 28.1 Å². The van der Waals surface area contributed by atoms with Crippen molar-refractivity contribution in [3.63, 3.8) is 0 Å². The first kappa shape index (κ1) is 22.3. The first-order chi connectivity index (χ1) is 17.1. The molecule has 2 aliphatic rings. The van der Waals surface area contributed by atoms with Gasteiger partial charge in [0.2, 0.25) is 11.1 Å². The number of fused-ring (bicyclic) bond motifs is 3. The molecule has 3 heterocycles. The van der Waals surface area contributed by atoms with E-state index in [1.165, 1.54) is 11.8 Å². The van der Waals surface area contributed by atoms with E-state index in [4.69, 9.17) is 42.8 Å². The van der Waals surface area contributed by atoms with Crippen molar-refractivity contribution >= 4 is 46.6 Å². The van der Waals surface area contributed by atoms with Crippen molar-refractivity contribution in [3.05, 3.63) is 99.0 Å². The van der Waals surface area contributed by atoms with Crippen molar-refractivity contribution in [3.8, 4) is 11.5 Å². The van der Waals surface area contributed by atoms with Crippen LogP contribution in [0.5, 0.6) is 11.5 Å². The zero-order chi connectivity index (χ0) is 24.1. The normalized spacial score (nSPS) is 18.2. The lowest BCUT2D eigenvalue weighted by molar-refractivity contribution is 0.223. The van der Waals surface area contributed by atoms with E-state index in [9.17, 15) is 0 Å². The van der Waals surface area contributed by atoms with E-state index in [2.05, 4.69) is 17.4 Å². The molecule has 0 fully saturated rings. The van der Waals surface area contributed by atoms with Crippen LogP contribution in [0, 0.1) is 0 Å². The topological polar surface area (TPSA) is 61.2 Å². The Bertz CT molecular complexity index is 1450. The lowest BCUT2D eigenvalue weighted by Gasteiger charge is -2.39. The van der Waals surface area contributed by atoms with Gasteiger partial charge in [0.15, 0.2) is 0 Å². The van der Waals surface area contributed by atoms with Crippen LogP contribution in [0.2, 0.25) is 10.0 Å². The summed E-state index contributed by atoms with van der Waals surface area (Å²) in [6, 6.07) is 21.1. The van der Waals surface area contributed by atoms with Gasteiger partial charge in [-0.25, -0.2) is 4.68 Å². The second-order valence-electron chi connectivity index (χ2n) is 8.19. The summed E-state index contributed by atoms with van der Waals surface area (Å²) >= 11 is 14.1. The van der Waals surface area contributed by atoms with Gasteiger partial charge in [0.05, 0.1) is 12.8 Å². The number of hydrogen-bond donors (Lipinski definition) is 1. The van der Waals surface area contributed by atoms with Crippen LogP contribution in [-0.2, 0) is 0 Å². The molecule has 0 spiro atoms. The largest absolute Gasteiger partial charge is 0.497 e. The van der Waals surface area contributed by atoms with Crippen LogP contribution in [0.4, 0.5) is 5.95 Å². The molecule has 35 heavy (non-hydrogen) atoms. The molecule has 2 atom stereocenters. The van der Waals surface area contributed by atoms with E-state index < -0.39 is 0 Å². The van der Waals surface area contributed by atoms with E-state index in [0.29, 0.717) is 21.2 Å². The molecule has 4 aromatic rings. The van der Waals surface area contributed by atoms with E-state index >= 15 is 0 Å². The van der Waals surface area contributed by atoms with Crippen LogP contribution >= 0.6 is 35.0 Å². The number of nitrogens with zero attached hydrogens (tertiary/aromatic N) is 3. The maximum Gasteiger partial charge on any atom is 0.227 e. The molecule has 1 aromatic heterocycles. The molecule has 6 rings (SSSR count). The first-order valence-corrected chi connectivity index (χ1v) is 12.9. The number of thioether (sulfide) groups is 1. The van der Waals surface area contributed by atoms with Crippen molar-refractivity contribution in [1.82, 2.24) is 14.8 Å². The first-order valence-electron chi connectivity index (χ1n) is 10.9. The number of rotatable bonds is 4. The number of aromatic nitrogens is 3. The quantitative estimate of drug-likeness (QED) is 0.295. The zero-order valence-corrected chi connectivity index (χ0v) is 21.2. The number of anilines is 1. The Morgan fingerprint density at radius 1 is 0.971 bits per heavy atom. The number of halogens is 2. The van der Waals surface area contributed by atoms with Crippen LogP contribution in [0.15, 0.2) is 77.5 Å². The molecule has 1 N–H and O–H groups in total. The van der Waals surface area contributed by atoms with E-state index in [-0.39, 0.29) is 12.1 Å². The Morgan fingerprint density at radius 2 is 1.69 bits per heavy atom. The van der Waals surface area contributed by atoms with Gasteiger partial charge in [0.1, 0.15) is 23.6 Å². The third-order valence-electron chi connectivity index (χ3n) is 6.20. The van der Waals surface area contributed by atoms with Crippen molar-refractivity contribution < 1.29 is 9.47 Å². The number of methoxy groups -OCH3 is 1. The van der Waals surface area contributed by atoms with Gasteiger partial charge in [-0.05, 0) is 59.8 Å². The predicted molar refractivity (Wildman–Crippen MR) is 140 cm³/mol. The fraction of sp³-hybridized carbons (Fsp3) is 0.154. The Kier molecular flexibility index (Phi) is 5.63. The van der Waals surface area contributed by atoms with Crippen molar-refractivity contribution in [1.29, 1.82) is 0 Å². The Morgan fingerprint density at radius 3 is 2.40 bits per heavy atom. The summed E-state index contributed by atoms with van der Waals surface area (Å²) in [7, 11) is 1.66. The molecule has 0 saturated carbocycles. The van der Waals surface area contributed by atoms with E-state index in [1.807, 2.05) is 65.5 Å². The van der Waals surface area contributed by atoms with Crippen molar-refractivity contribution in [2.45, 2.75) is 17.3 Å². The molecule has 0 radical (unpaired) electrons. The molecule has 0 aliphatic carbocycles. The minimum Gasteiger partial charge on any atom is -0.497 e. The fourth-order valence-electron chi connectivity index (χ4n) is 4.59. The van der Waals surface area contributed by atoms with Gasteiger partial charge in [-0.2, -0.15) is 4.98 Å². The van der Waals surface area contributed by atoms with Gasteiger partial charge < -0.3 is 14.8 Å². The summed E-state index contributed by atoms with van der Waals surface area (Å²) in [6.45, 7) is 0. The maximum absolute atomic E-state index is 6.64. The molecule has 0 unspecified atom stereocenters. The highest BCUT2D eigenvalue weighted by molar-refractivity contribution is 7.98. The van der Waals surface area contributed by atoms with Crippen LogP contribution in [0.3, 0.4) is 0 Å². The number of nitrogens with one attached hydrogen (secondary N) is 1. The molecule has 0 amide bonds. The molecule has 3 aromatic carbocycles. The van der Waals surface area contributed by atoms with Crippen LogP contribution in [0.25, 0.3) is 5.70 Å². The van der Waals surface area contributed by atoms with Gasteiger partial charge in [0.25, 0.3) is 0 Å². The van der Waals surface area contributed by atoms with Crippen LogP contribution < -0.4 is 14.8 Å². The predicted octanol–water partition coefficient (Wildman–Crippen LogP) is 6.88. The average Bonchev–Trinajstić information content (AvgIpc) is 3.31. The Labute approximate surface area is 216 Å². The smallest absolute Gasteiger partial charge is 0.227 e. The van der Waals surface area contributed by atoms with E-state index in [1.54, 1.807) is 7.11 Å². The van der Waals surface area contributed by atoms with E-state index in [0.717, 1.165) is 39.5 Å². The Hall–Kier alpha value is -3.13. The highest BCUT2D eigenvalue weighted by Gasteiger charge is 2.41. The zero-order valence-electron chi connectivity index (χ0n) is 18.8. The third-order valence-corrected chi connectivity index (χ3v) is 7.23. The number of benzene rings is 3. The molecule has 2 aliphatic heterocycles. The minimum absolute atomic E-state index is 0.270. The summed E-state index contributed by atoms with van der Waals surface area (Å²) in [6.07, 6.45) is 1.58. The summed E-state index contributed by atoms with van der Waals surface area (Å²) in [5.74, 6) is 2.19. The molecule has 6 nitrogen and oxygen atoms in total. The highest BCUT2D eigenvalue weighted by atomic mass is 35.5. The second kappa shape index (κ2) is 8.82. The highest BCUT2D eigenvalue weighted by Crippen LogP contribution is 2.51. The van der Waals surface area contributed by atoms with Crippen molar-refractivity contribution in [2.75, 3.05) is 18.7 Å². The molecule has 0 bridgehead atoms. The SMILES string of the molecule is COc1ccc([C@H]2C3=C(Nc4nc(SC)nn42)c2cc(Cl)ccc2O[C@H]3c2ccc(Cl)cc2)cc1. The molecule has 176 valence electrons.